The topological polar surface area (TPSA) is 126 Å². The van der Waals surface area contributed by atoms with E-state index in [1.54, 1.807) is 30.5 Å². The summed E-state index contributed by atoms with van der Waals surface area (Å²) in [5.41, 5.74) is 3.78. The van der Waals surface area contributed by atoms with E-state index in [-0.39, 0.29) is 5.69 Å². The number of aryl methyl sites for hydroxylation is 1. The van der Waals surface area contributed by atoms with Gasteiger partial charge in [-0.2, -0.15) is 10.4 Å². The first-order valence-corrected chi connectivity index (χ1v) is 13.5. The molecule has 3 heterocycles. The number of nitriles is 1. The summed E-state index contributed by atoms with van der Waals surface area (Å²) in [6, 6.07) is 13.2. The summed E-state index contributed by atoms with van der Waals surface area (Å²) in [6.07, 6.45) is 4.70. The summed E-state index contributed by atoms with van der Waals surface area (Å²) < 4.78 is 58.3. The molecular weight excluding hydrogens is 512 g/mol. The van der Waals surface area contributed by atoms with Crippen LogP contribution in [-0.4, -0.2) is 34.7 Å². The molecule has 2 aromatic carbocycles. The van der Waals surface area contributed by atoms with Gasteiger partial charge in [0.25, 0.3) is 10.0 Å². The SMILES string of the molecule is N#CCCNc1nccc(-c2c(-c3cccc(NS(=O)(=O)c4c(F)cccc4F)c3)nn3c2CCCC3)n1. The highest BCUT2D eigenvalue weighted by Crippen LogP contribution is 2.37. The van der Waals surface area contributed by atoms with E-state index in [0.717, 1.165) is 55.3 Å². The van der Waals surface area contributed by atoms with E-state index in [2.05, 4.69) is 26.1 Å². The fraction of sp³-hybridized carbons (Fsp3) is 0.231. The second-order valence-electron chi connectivity index (χ2n) is 8.69. The van der Waals surface area contributed by atoms with Gasteiger partial charge in [-0.05, 0) is 49.6 Å². The Balaban J connectivity index is 1.55. The number of nitrogens with zero attached hydrogens (tertiary/aromatic N) is 5. The fourth-order valence-corrected chi connectivity index (χ4v) is 5.64. The quantitative estimate of drug-likeness (QED) is 0.312. The van der Waals surface area contributed by atoms with Crippen LogP contribution in [0.3, 0.4) is 0 Å². The molecular formula is C26H23F2N7O2S. The summed E-state index contributed by atoms with van der Waals surface area (Å²) in [5, 5.41) is 16.7. The normalized spacial score (nSPS) is 13.0. The van der Waals surface area contributed by atoms with Crippen LogP contribution in [0.1, 0.15) is 25.0 Å². The zero-order valence-corrected chi connectivity index (χ0v) is 21.0. The number of sulfonamides is 1. The third-order valence-electron chi connectivity index (χ3n) is 6.10. The van der Waals surface area contributed by atoms with Gasteiger partial charge in [-0.1, -0.05) is 18.2 Å². The average molecular weight is 536 g/mol. The second-order valence-corrected chi connectivity index (χ2v) is 10.3. The number of anilines is 2. The lowest BCUT2D eigenvalue weighted by molar-refractivity contribution is 0.487. The van der Waals surface area contributed by atoms with Crippen LogP contribution in [0.25, 0.3) is 22.5 Å². The summed E-state index contributed by atoms with van der Waals surface area (Å²) in [4.78, 5) is 7.84. The molecule has 0 saturated carbocycles. The first-order valence-electron chi connectivity index (χ1n) is 12.0. The summed E-state index contributed by atoms with van der Waals surface area (Å²) in [6.45, 7) is 1.14. The Morgan fingerprint density at radius 1 is 1.08 bits per heavy atom. The first-order chi connectivity index (χ1) is 18.4. The number of fused-ring (bicyclic) bond motifs is 1. The van der Waals surface area contributed by atoms with E-state index >= 15 is 0 Å². The molecule has 38 heavy (non-hydrogen) atoms. The highest BCUT2D eigenvalue weighted by Gasteiger charge is 2.26. The van der Waals surface area contributed by atoms with Crippen LogP contribution in [0.4, 0.5) is 20.4 Å². The van der Waals surface area contributed by atoms with Gasteiger partial charge in [0.2, 0.25) is 5.95 Å². The van der Waals surface area contributed by atoms with Crippen molar-refractivity contribution in [3.8, 4) is 28.6 Å². The molecule has 0 radical (unpaired) electrons. The van der Waals surface area contributed by atoms with Gasteiger partial charge in [0, 0.05) is 41.8 Å². The lowest BCUT2D eigenvalue weighted by Crippen LogP contribution is -2.16. The maximum Gasteiger partial charge on any atom is 0.267 e. The van der Waals surface area contributed by atoms with Crippen LogP contribution in [0, 0.1) is 23.0 Å². The van der Waals surface area contributed by atoms with Crippen molar-refractivity contribution in [3.05, 3.63) is 72.1 Å². The third-order valence-corrected chi connectivity index (χ3v) is 7.53. The molecule has 4 aromatic rings. The Kier molecular flexibility index (Phi) is 7.02. The van der Waals surface area contributed by atoms with Gasteiger partial charge in [-0.15, -0.1) is 0 Å². The van der Waals surface area contributed by atoms with Crippen molar-refractivity contribution in [1.29, 1.82) is 5.26 Å². The number of benzene rings is 2. The van der Waals surface area contributed by atoms with Crippen molar-refractivity contribution in [3.63, 3.8) is 0 Å². The minimum Gasteiger partial charge on any atom is -0.353 e. The van der Waals surface area contributed by atoms with Crippen molar-refractivity contribution < 1.29 is 17.2 Å². The Bertz CT molecular complexity index is 1630. The Labute approximate surface area is 218 Å². The molecule has 0 amide bonds. The predicted octanol–water partition coefficient (Wildman–Crippen LogP) is 4.75. The first kappa shape index (κ1) is 25.3. The Hall–Kier alpha value is -4.37. The average Bonchev–Trinajstić information content (AvgIpc) is 3.28. The lowest BCUT2D eigenvalue weighted by atomic mass is 9.99. The van der Waals surface area contributed by atoms with E-state index in [1.807, 2.05) is 4.68 Å². The summed E-state index contributed by atoms with van der Waals surface area (Å²) >= 11 is 0. The number of hydrogen-bond donors (Lipinski definition) is 2. The number of halogens is 2. The zero-order chi connectivity index (χ0) is 26.7. The number of rotatable bonds is 8. The molecule has 9 nitrogen and oxygen atoms in total. The predicted molar refractivity (Wildman–Crippen MR) is 138 cm³/mol. The molecule has 0 fully saturated rings. The minimum absolute atomic E-state index is 0.128. The molecule has 194 valence electrons. The van der Waals surface area contributed by atoms with Crippen molar-refractivity contribution in [2.24, 2.45) is 0 Å². The third kappa shape index (κ3) is 5.05. The molecule has 2 aromatic heterocycles. The standard InChI is InChI=1S/C26H23F2N7O2S/c27-19-8-4-9-20(28)25(19)38(36,37)34-18-7-3-6-17(16-18)24-23(22-10-1-2-15-35(22)33-24)21-11-14-31-26(32-21)30-13-5-12-29/h3-4,6-9,11,14,16,34H,1-2,5,10,13,15H2,(H,30,31,32). The lowest BCUT2D eigenvalue weighted by Gasteiger charge is -2.14. The Morgan fingerprint density at radius 3 is 2.66 bits per heavy atom. The van der Waals surface area contributed by atoms with Gasteiger partial charge in [-0.3, -0.25) is 9.40 Å². The molecule has 0 saturated heterocycles. The van der Waals surface area contributed by atoms with Crippen LogP contribution in [0.15, 0.2) is 59.6 Å². The summed E-state index contributed by atoms with van der Waals surface area (Å²) in [5.74, 6) is -1.98. The highest BCUT2D eigenvalue weighted by molar-refractivity contribution is 7.92. The van der Waals surface area contributed by atoms with Gasteiger partial charge >= 0.3 is 0 Å². The number of aromatic nitrogens is 4. The molecule has 1 aliphatic rings. The van der Waals surface area contributed by atoms with Crippen molar-refractivity contribution in [1.82, 2.24) is 19.7 Å². The molecule has 2 N–H and O–H groups in total. The van der Waals surface area contributed by atoms with Crippen LogP contribution in [0.2, 0.25) is 0 Å². The van der Waals surface area contributed by atoms with Crippen LogP contribution < -0.4 is 10.0 Å². The van der Waals surface area contributed by atoms with Gasteiger partial charge in [0.1, 0.15) is 17.3 Å². The van der Waals surface area contributed by atoms with E-state index in [4.69, 9.17) is 10.4 Å². The van der Waals surface area contributed by atoms with E-state index in [9.17, 15) is 17.2 Å². The Morgan fingerprint density at radius 2 is 1.87 bits per heavy atom. The van der Waals surface area contributed by atoms with Crippen LogP contribution in [0.5, 0.6) is 0 Å². The fourth-order valence-electron chi connectivity index (χ4n) is 4.45. The number of hydrogen-bond acceptors (Lipinski definition) is 7. The largest absolute Gasteiger partial charge is 0.353 e. The molecule has 0 atom stereocenters. The second kappa shape index (κ2) is 10.5. The minimum atomic E-state index is -4.53. The molecule has 12 heteroatoms. The molecule has 0 spiro atoms. The molecule has 1 aliphatic heterocycles. The highest BCUT2D eigenvalue weighted by atomic mass is 32.2. The van der Waals surface area contributed by atoms with Gasteiger partial charge in [0.05, 0.1) is 18.2 Å². The monoisotopic (exact) mass is 535 g/mol. The molecule has 0 bridgehead atoms. The summed E-state index contributed by atoms with van der Waals surface area (Å²) in [7, 11) is -4.53. The maximum atomic E-state index is 14.2. The van der Waals surface area contributed by atoms with E-state index < -0.39 is 26.6 Å². The van der Waals surface area contributed by atoms with Gasteiger partial charge < -0.3 is 5.32 Å². The smallest absolute Gasteiger partial charge is 0.267 e. The number of nitrogens with one attached hydrogen (secondary N) is 2. The maximum absolute atomic E-state index is 14.2. The molecule has 0 aliphatic carbocycles. The van der Waals surface area contributed by atoms with Gasteiger partial charge in [-0.25, -0.2) is 27.2 Å². The zero-order valence-electron chi connectivity index (χ0n) is 20.2. The van der Waals surface area contributed by atoms with E-state index in [1.165, 1.54) is 6.07 Å². The van der Waals surface area contributed by atoms with Crippen molar-refractivity contribution in [2.45, 2.75) is 37.1 Å². The van der Waals surface area contributed by atoms with Crippen LogP contribution in [-0.2, 0) is 23.0 Å². The molecule has 5 rings (SSSR count). The van der Waals surface area contributed by atoms with Crippen molar-refractivity contribution >= 4 is 21.7 Å². The van der Waals surface area contributed by atoms with Crippen LogP contribution >= 0.6 is 0 Å². The van der Waals surface area contributed by atoms with Crippen molar-refractivity contribution in [2.75, 3.05) is 16.6 Å². The van der Waals surface area contributed by atoms with E-state index in [0.29, 0.717) is 35.9 Å². The van der Waals surface area contributed by atoms with Gasteiger partial charge in [0.15, 0.2) is 4.90 Å². The molecule has 0 unspecified atom stereocenters.